The lowest BCUT2D eigenvalue weighted by atomic mass is 9.98. The van der Waals surface area contributed by atoms with Gasteiger partial charge in [0.1, 0.15) is 5.76 Å². The van der Waals surface area contributed by atoms with Gasteiger partial charge in [0.25, 0.3) is 0 Å². The number of hydrogen-bond donors (Lipinski definition) is 1. The van der Waals surface area contributed by atoms with Crippen LogP contribution < -0.4 is 5.32 Å². The van der Waals surface area contributed by atoms with Crippen LogP contribution in [0.3, 0.4) is 0 Å². The average molecular weight is 262 g/mol. The minimum absolute atomic E-state index is 0.598. The quantitative estimate of drug-likeness (QED) is 0.854. The van der Waals surface area contributed by atoms with E-state index in [1.54, 1.807) is 6.26 Å². The van der Waals surface area contributed by atoms with Crippen molar-refractivity contribution in [2.75, 3.05) is 19.6 Å². The van der Waals surface area contributed by atoms with Crippen molar-refractivity contribution in [1.82, 2.24) is 10.2 Å². The summed E-state index contributed by atoms with van der Waals surface area (Å²) in [4.78, 5) is 2.74. The van der Waals surface area contributed by atoms with Gasteiger partial charge in [-0.15, -0.1) is 0 Å². The fourth-order valence-electron chi connectivity index (χ4n) is 3.31. The van der Waals surface area contributed by atoms with Gasteiger partial charge >= 0.3 is 0 Å². The van der Waals surface area contributed by atoms with Gasteiger partial charge in [0, 0.05) is 25.0 Å². The number of piperidine rings is 1. The second kappa shape index (κ2) is 6.10. The van der Waals surface area contributed by atoms with Crippen LogP contribution in [0, 0.1) is 5.92 Å². The van der Waals surface area contributed by atoms with Gasteiger partial charge in [-0.1, -0.05) is 0 Å². The first-order valence-corrected chi connectivity index (χ1v) is 7.82. The fourth-order valence-corrected chi connectivity index (χ4v) is 3.31. The van der Waals surface area contributed by atoms with E-state index in [0.717, 1.165) is 24.1 Å². The van der Waals surface area contributed by atoms with Crippen LogP contribution in [0.15, 0.2) is 22.8 Å². The van der Waals surface area contributed by atoms with Gasteiger partial charge in [0.05, 0.1) is 6.26 Å². The lowest BCUT2D eigenvalue weighted by Crippen LogP contribution is -2.43. The minimum Gasteiger partial charge on any atom is -0.469 e. The molecule has 1 N–H and O–H groups in total. The van der Waals surface area contributed by atoms with Crippen LogP contribution in [0.4, 0.5) is 0 Å². The maximum Gasteiger partial charge on any atom is 0.105 e. The highest BCUT2D eigenvalue weighted by Crippen LogP contribution is 2.31. The molecule has 2 aliphatic rings. The smallest absolute Gasteiger partial charge is 0.105 e. The van der Waals surface area contributed by atoms with E-state index in [4.69, 9.17) is 4.42 Å². The second-order valence-corrected chi connectivity index (χ2v) is 6.27. The third kappa shape index (κ3) is 3.61. The Morgan fingerprint density at radius 1 is 1.42 bits per heavy atom. The third-order valence-corrected chi connectivity index (χ3v) is 4.53. The highest BCUT2D eigenvalue weighted by atomic mass is 16.3. The summed E-state index contributed by atoms with van der Waals surface area (Å²) < 4.78 is 5.51. The molecule has 3 nitrogen and oxygen atoms in total. The van der Waals surface area contributed by atoms with E-state index < -0.39 is 0 Å². The first kappa shape index (κ1) is 13.2. The standard InChI is InChI=1S/C16H26N2O/c1-13(10-16-5-3-9-19-16)18(15-6-7-15)12-14-4-2-8-17-11-14/h3,5,9,13-15,17H,2,4,6-8,10-12H2,1H3. The number of hydrogen-bond acceptors (Lipinski definition) is 3. The number of rotatable bonds is 6. The number of furan rings is 1. The van der Waals surface area contributed by atoms with Gasteiger partial charge in [-0.05, 0) is 63.7 Å². The molecule has 0 radical (unpaired) electrons. The van der Waals surface area contributed by atoms with Crippen molar-refractivity contribution in [2.45, 2.75) is 51.1 Å². The Hall–Kier alpha value is -0.800. The van der Waals surface area contributed by atoms with Crippen molar-refractivity contribution in [3.63, 3.8) is 0 Å². The van der Waals surface area contributed by atoms with Crippen molar-refractivity contribution in [3.8, 4) is 0 Å². The molecule has 2 heterocycles. The van der Waals surface area contributed by atoms with Crippen molar-refractivity contribution in [2.24, 2.45) is 5.92 Å². The monoisotopic (exact) mass is 262 g/mol. The molecule has 0 amide bonds. The molecule has 3 rings (SSSR count). The Kier molecular flexibility index (Phi) is 4.24. The molecule has 0 spiro atoms. The summed E-state index contributed by atoms with van der Waals surface area (Å²) in [5.41, 5.74) is 0. The van der Waals surface area contributed by atoms with E-state index in [2.05, 4.69) is 23.2 Å². The molecule has 0 aromatic carbocycles. The van der Waals surface area contributed by atoms with Crippen molar-refractivity contribution in [1.29, 1.82) is 0 Å². The molecule has 1 aliphatic carbocycles. The highest BCUT2D eigenvalue weighted by molar-refractivity contribution is 5.01. The topological polar surface area (TPSA) is 28.4 Å². The van der Waals surface area contributed by atoms with Crippen LogP contribution in [-0.4, -0.2) is 36.6 Å². The number of nitrogens with zero attached hydrogens (tertiary/aromatic N) is 1. The molecule has 106 valence electrons. The summed E-state index contributed by atoms with van der Waals surface area (Å²) in [6.45, 7) is 6.04. The van der Waals surface area contributed by atoms with E-state index in [1.807, 2.05) is 6.07 Å². The molecule has 0 bridgehead atoms. The van der Waals surface area contributed by atoms with E-state index in [1.165, 1.54) is 45.3 Å². The van der Waals surface area contributed by atoms with E-state index in [0.29, 0.717) is 6.04 Å². The Bertz CT molecular complexity index is 366. The number of nitrogens with one attached hydrogen (secondary N) is 1. The van der Waals surface area contributed by atoms with Gasteiger partial charge in [-0.3, -0.25) is 4.90 Å². The SMILES string of the molecule is CC(Cc1ccco1)N(CC1CCCNC1)C1CC1. The molecule has 1 aromatic rings. The molecular weight excluding hydrogens is 236 g/mol. The van der Waals surface area contributed by atoms with Gasteiger partial charge in [0.2, 0.25) is 0 Å². The fraction of sp³-hybridized carbons (Fsp3) is 0.750. The molecule has 19 heavy (non-hydrogen) atoms. The summed E-state index contributed by atoms with van der Waals surface area (Å²) in [5.74, 6) is 1.97. The van der Waals surface area contributed by atoms with Crippen LogP contribution in [0.5, 0.6) is 0 Å². The maximum absolute atomic E-state index is 5.51. The predicted octanol–water partition coefficient (Wildman–Crippen LogP) is 2.67. The largest absolute Gasteiger partial charge is 0.469 e. The molecule has 1 aromatic heterocycles. The van der Waals surface area contributed by atoms with Crippen molar-refractivity contribution in [3.05, 3.63) is 24.2 Å². The first-order chi connectivity index (χ1) is 9.33. The molecule has 2 fully saturated rings. The summed E-state index contributed by atoms with van der Waals surface area (Å²) in [5, 5.41) is 3.54. The summed E-state index contributed by atoms with van der Waals surface area (Å²) in [6, 6.07) is 5.53. The Balaban J connectivity index is 1.56. The lowest BCUT2D eigenvalue weighted by Gasteiger charge is -2.34. The third-order valence-electron chi connectivity index (χ3n) is 4.53. The molecule has 3 heteroatoms. The van der Waals surface area contributed by atoms with E-state index in [9.17, 15) is 0 Å². The van der Waals surface area contributed by atoms with Crippen LogP contribution in [0.25, 0.3) is 0 Å². The molecular formula is C16H26N2O. The highest BCUT2D eigenvalue weighted by Gasteiger charge is 2.34. The molecule has 1 aliphatic heterocycles. The molecule has 2 atom stereocenters. The van der Waals surface area contributed by atoms with E-state index in [-0.39, 0.29) is 0 Å². The van der Waals surface area contributed by atoms with Crippen LogP contribution in [0.2, 0.25) is 0 Å². The van der Waals surface area contributed by atoms with Crippen LogP contribution in [0.1, 0.15) is 38.4 Å². The molecule has 2 unspecified atom stereocenters. The lowest BCUT2D eigenvalue weighted by molar-refractivity contribution is 0.149. The zero-order valence-electron chi connectivity index (χ0n) is 12.0. The summed E-state index contributed by atoms with van der Waals surface area (Å²) >= 11 is 0. The van der Waals surface area contributed by atoms with Crippen molar-refractivity contribution < 1.29 is 4.42 Å². The Morgan fingerprint density at radius 2 is 2.32 bits per heavy atom. The average Bonchev–Trinajstić information content (AvgIpc) is 3.15. The Labute approximate surface area is 116 Å². The Morgan fingerprint density at radius 3 is 2.95 bits per heavy atom. The molecule has 1 saturated heterocycles. The molecule has 1 saturated carbocycles. The van der Waals surface area contributed by atoms with Gasteiger partial charge in [-0.25, -0.2) is 0 Å². The van der Waals surface area contributed by atoms with Crippen molar-refractivity contribution >= 4 is 0 Å². The van der Waals surface area contributed by atoms with Crippen LogP contribution >= 0.6 is 0 Å². The van der Waals surface area contributed by atoms with E-state index >= 15 is 0 Å². The maximum atomic E-state index is 5.51. The normalized spacial score (nSPS) is 25.7. The predicted molar refractivity (Wildman–Crippen MR) is 77.2 cm³/mol. The minimum atomic E-state index is 0.598. The zero-order chi connectivity index (χ0) is 13.1. The van der Waals surface area contributed by atoms with Gasteiger partial charge in [-0.2, -0.15) is 0 Å². The van der Waals surface area contributed by atoms with Crippen LogP contribution in [-0.2, 0) is 6.42 Å². The van der Waals surface area contributed by atoms with Gasteiger partial charge < -0.3 is 9.73 Å². The summed E-state index contributed by atoms with van der Waals surface area (Å²) in [7, 11) is 0. The zero-order valence-corrected chi connectivity index (χ0v) is 12.0. The van der Waals surface area contributed by atoms with Gasteiger partial charge in [0.15, 0.2) is 0 Å². The second-order valence-electron chi connectivity index (χ2n) is 6.27. The summed E-state index contributed by atoms with van der Waals surface area (Å²) in [6.07, 6.45) is 8.35. The first-order valence-electron chi connectivity index (χ1n) is 7.82.